The number of esters is 1. The quantitative estimate of drug-likeness (QED) is 0.850. The fourth-order valence-corrected chi connectivity index (χ4v) is 2.66. The van der Waals surface area contributed by atoms with Gasteiger partial charge in [-0.2, -0.15) is 0 Å². The Balaban J connectivity index is 1.83. The molecule has 0 spiro atoms. The van der Waals surface area contributed by atoms with Crippen LogP contribution in [0.2, 0.25) is 0 Å². The lowest BCUT2D eigenvalue weighted by molar-refractivity contribution is -0.149. The van der Waals surface area contributed by atoms with E-state index in [1.807, 2.05) is 24.3 Å². The molecule has 1 aromatic carbocycles. The Morgan fingerprint density at radius 3 is 2.67 bits per heavy atom. The second-order valence-electron chi connectivity index (χ2n) is 4.99. The first-order valence-corrected chi connectivity index (χ1v) is 7.04. The Hall–Kier alpha value is -0.870. The van der Waals surface area contributed by atoms with Crippen LogP contribution in [-0.2, 0) is 16.1 Å². The van der Waals surface area contributed by atoms with E-state index >= 15 is 0 Å². The number of carbonyl (C=O) groups is 1. The molecule has 1 fully saturated rings. The normalized spacial score (nSPS) is 17.0. The van der Waals surface area contributed by atoms with Crippen LogP contribution in [0.3, 0.4) is 0 Å². The minimum atomic E-state index is -0.143. The summed E-state index contributed by atoms with van der Waals surface area (Å²) in [5, 5.41) is 0. The molecule has 98 valence electrons. The molecule has 0 atom stereocenters. The minimum absolute atomic E-state index is 0.0189. The molecule has 0 aliphatic heterocycles. The molecule has 18 heavy (non-hydrogen) atoms. The van der Waals surface area contributed by atoms with Gasteiger partial charge >= 0.3 is 5.97 Å². The highest BCUT2D eigenvalue weighted by atomic mass is 79.9. The Kier molecular flexibility index (Phi) is 4.40. The van der Waals surface area contributed by atoms with Crippen LogP contribution < -0.4 is 5.73 Å². The van der Waals surface area contributed by atoms with Crippen LogP contribution in [0.1, 0.15) is 31.2 Å². The molecule has 2 rings (SSSR count). The van der Waals surface area contributed by atoms with E-state index in [4.69, 9.17) is 10.5 Å². The summed E-state index contributed by atoms with van der Waals surface area (Å²) in [4.78, 5) is 11.8. The zero-order valence-electron chi connectivity index (χ0n) is 10.3. The van der Waals surface area contributed by atoms with Crippen molar-refractivity contribution in [1.29, 1.82) is 0 Å². The average Bonchev–Trinajstić information content (AvgIpc) is 2.33. The van der Waals surface area contributed by atoms with Gasteiger partial charge in [0.2, 0.25) is 0 Å². The van der Waals surface area contributed by atoms with Gasteiger partial charge in [0.05, 0.1) is 6.42 Å². The van der Waals surface area contributed by atoms with Crippen molar-refractivity contribution in [2.24, 2.45) is 11.1 Å². The van der Waals surface area contributed by atoms with E-state index in [0.29, 0.717) is 19.6 Å². The van der Waals surface area contributed by atoms with Gasteiger partial charge in [-0.15, -0.1) is 0 Å². The molecule has 0 radical (unpaired) electrons. The van der Waals surface area contributed by atoms with E-state index in [-0.39, 0.29) is 11.4 Å². The molecule has 1 aliphatic rings. The van der Waals surface area contributed by atoms with E-state index in [1.54, 1.807) is 0 Å². The maximum absolute atomic E-state index is 11.8. The van der Waals surface area contributed by atoms with Crippen LogP contribution in [0.5, 0.6) is 0 Å². The zero-order valence-corrected chi connectivity index (χ0v) is 11.9. The predicted molar refractivity (Wildman–Crippen MR) is 73.9 cm³/mol. The van der Waals surface area contributed by atoms with E-state index < -0.39 is 0 Å². The van der Waals surface area contributed by atoms with Crippen LogP contribution in [0.25, 0.3) is 0 Å². The van der Waals surface area contributed by atoms with Gasteiger partial charge in [0, 0.05) is 10.0 Å². The van der Waals surface area contributed by atoms with E-state index in [0.717, 1.165) is 22.9 Å². The van der Waals surface area contributed by atoms with E-state index in [1.165, 1.54) is 6.42 Å². The molecule has 1 aromatic rings. The molecule has 0 saturated heterocycles. The topological polar surface area (TPSA) is 52.3 Å². The van der Waals surface area contributed by atoms with Gasteiger partial charge in [-0.05, 0) is 30.9 Å². The number of hydrogen-bond acceptors (Lipinski definition) is 3. The van der Waals surface area contributed by atoms with Crippen molar-refractivity contribution in [2.75, 3.05) is 6.54 Å². The average molecular weight is 312 g/mol. The minimum Gasteiger partial charge on any atom is -0.461 e. The van der Waals surface area contributed by atoms with Crippen LogP contribution in [0.4, 0.5) is 0 Å². The Bertz CT molecular complexity index is 424. The third kappa shape index (κ3) is 3.12. The Morgan fingerprint density at radius 2 is 2.11 bits per heavy atom. The van der Waals surface area contributed by atoms with Gasteiger partial charge in [0.1, 0.15) is 6.61 Å². The maximum atomic E-state index is 11.8. The molecular weight excluding hydrogens is 294 g/mol. The lowest BCUT2D eigenvalue weighted by Crippen LogP contribution is -2.39. The molecule has 0 bridgehead atoms. The van der Waals surface area contributed by atoms with Crippen molar-refractivity contribution in [2.45, 2.75) is 32.3 Å². The lowest BCUT2D eigenvalue weighted by atomic mass is 9.67. The molecule has 1 saturated carbocycles. The SMILES string of the molecule is NCC1(CC(=O)OCc2ccccc2Br)CCC1. The van der Waals surface area contributed by atoms with Gasteiger partial charge in [0.15, 0.2) is 0 Å². The van der Waals surface area contributed by atoms with Gasteiger partial charge in [-0.3, -0.25) is 4.79 Å². The van der Waals surface area contributed by atoms with Crippen LogP contribution in [0, 0.1) is 5.41 Å². The second kappa shape index (κ2) is 5.85. The smallest absolute Gasteiger partial charge is 0.306 e. The third-order valence-corrected chi connectivity index (χ3v) is 4.49. The summed E-state index contributed by atoms with van der Waals surface area (Å²) in [6, 6.07) is 7.75. The predicted octanol–water partition coefficient (Wildman–Crippen LogP) is 3.01. The summed E-state index contributed by atoms with van der Waals surface area (Å²) in [5.74, 6) is -0.143. The summed E-state index contributed by atoms with van der Waals surface area (Å²) in [5.41, 5.74) is 6.74. The number of halogens is 1. The van der Waals surface area contributed by atoms with Gasteiger partial charge < -0.3 is 10.5 Å². The Morgan fingerprint density at radius 1 is 1.39 bits per heavy atom. The van der Waals surface area contributed by atoms with Crippen molar-refractivity contribution in [1.82, 2.24) is 0 Å². The number of carbonyl (C=O) groups excluding carboxylic acids is 1. The summed E-state index contributed by atoms with van der Waals surface area (Å²) >= 11 is 3.44. The fourth-order valence-electron chi connectivity index (χ4n) is 2.26. The Labute approximate surface area is 116 Å². The van der Waals surface area contributed by atoms with Crippen molar-refractivity contribution < 1.29 is 9.53 Å². The highest BCUT2D eigenvalue weighted by molar-refractivity contribution is 9.10. The highest BCUT2D eigenvalue weighted by Crippen LogP contribution is 2.43. The highest BCUT2D eigenvalue weighted by Gasteiger charge is 2.38. The number of nitrogens with two attached hydrogens (primary N) is 1. The number of rotatable bonds is 5. The molecule has 0 unspecified atom stereocenters. The van der Waals surface area contributed by atoms with Gasteiger partial charge in [-0.1, -0.05) is 40.5 Å². The monoisotopic (exact) mass is 311 g/mol. The molecule has 3 nitrogen and oxygen atoms in total. The first kappa shape index (κ1) is 13.6. The van der Waals surface area contributed by atoms with Crippen LogP contribution in [-0.4, -0.2) is 12.5 Å². The lowest BCUT2D eigenvalue weighted by Gasteiger charge is -2.40. The van der Waals surface area contributed by atoms with E-state index in [9.17, 15) is 4.79 Å². The van der Waals surface area contributed by atoms with Crippen molar-refractivity contribution in [3.05, 3.63) is 34.3 Å². The summed E-state index contributed by atoms with van der Waals surface area (Å²) in [6.07, 6.45) is 3.73. The van der Waals surface area contributed by atoms with Gasteiger partial charge in [-0.25, -0.2) is 0 Å². The van der Waals surface area contributed by atoms with Crippen molar-refractivity contribution in [3.8, 4) is 0 Å². The van der Waals surface area contributed by atoms with Crippen LogP contribution >= 0.6 is 15.9 Å². The zero-order chi connectivity index (χ0) is 13.0. The van der Waals surface area contributed by atoms with E-state index in [2.05, 4.69) is 15.9 Å². The molecule has 4 heteroatoms. The van der Waals surface area contributed by atoms with Crippen molar-refractivity contribution in [3.63, 3.8) is 0 Å². The number of benzene rings is 1. The largest absolute Gasteiger partial charge is 0.461 e. The summed E-state index contributed by atoms with van der Waals surface area (Å²) < 4.78 is 6.29. The van der Waals surface area contributed by atoms with Gasteiger partial charge in [0.25, 0.3) is 0 Å². The standard InChI is InChI=1S/C14H18BrNO2/c15-12-5-2-1-4-11(12)9-18-13(17)8-14(10-16)6-3-7-14/h1-2,4-5H,3,6-10,16H2. The van der Waals surface area contributed by atoms with Crippen LogP contribution in [0.15, 0.2) is 28.7 Å². The molecule has 0 aromatic heterocycles. The maximum Gasteiger partial charge on any atom is 0.306 e. The molecule has 1 aliphatic carbocycles. The van der Waals surface area contributed by atoms with Crippen molar-refractivity contribution >= 4 is 21.9 Å². The summed E-state index contributed by atoms with van der Waals surface area (Å²) in [6.45, 7) is 0.901. The fraction of sp³-hybridized carbons (Fsp3) is 0.500. The molecule has 2 N–H and O–H groups in total. The number of hydrogen-bond donors (Lipinski definition) is 1. The second-order valence-corrected chi connectivity index (χ2v) is 5.84. The molecular formula is C14H18BrNO2. The first-order valence-electron chi connectivity index (χ1n) is 6.24. The number of ether oxygens (including phenoxy) is 1. The molecule has 0 heterocycles. The first-order chi connectivity index (χ1) is 8.65. The molecule has 0 amide bonds. The third-order valence-electron chi connectivity index (χ3n) is 3.71. The summed E-state index contributed by atoms with van der Waals surface area (Å²) in [7, 11) is 0.